The van der Waals surface area contributed by atoms with Crippen molar-refractivity contribution in [2.45, 2.75) is 25.0 Å². The minimum absolute atomic E-state index is 0.257. The second-order valence-corrected chi connectivity index (χ2v) is 4.90. The summed E-state index contributed by atoms with van der Waals surface area (Å²) in [5.74, 6) is -0.257. The van der Waals surface area contributed by atoms with Crippen LogP contribution in [0, 0.1) is 5.82 Å². The summed E-state index contributed by atoms with van der Waals surface area (Å²) in [4.78, 5) is 8.98. The minimum Gasteiger partial charge on any atom is -0.303 e. The molecule has 4 heterocycles. The molecule has 0 spiro atoms. The summed E-state index contributed by atoms with van der Waals surface area (Å²) >= 11 is 0. The van der Waals surface area contributed by atoms with Gasteiger partial charge in [0.25, 0.3) is 0 Å². The highest BCUT2D eigenvalue weighted by molar-refractivity contribution is 5.09. The molecule has 0 radical (unpaired) electrons. The highest BCUT2D eigenvalue weighted by atomic mass is 19.1. The molecule has 0 N–H and O–H groups in total. The van der Waals surface area contributed by atoms with Gasteiger partial charge in [-0.05, 0) is 25.6 Å². The Hall–Kier alpha value is -1.00. The number of hydrogen-bond acceptors (Lipinski definition) is 3. The Morgan fingerprint density at radius 1 is 1.38 bits per heavy atom. The highest BCUT2D eigenvalue weighted by Crippen LogP contribution is 2.32. The van der Waals surface area contributed by atoms with Gasteiger partial charge in [0.05, 0.1) is 11.9 Å². The van der Waals surface area contributed by atoms with E-state index < -0.39 is 0 Å². The normalized spacial score (nSPS) is 30.1. The molecule has 2 unspecified atom stereocenters. The lowest BCUT2D eigenvalue weighted by Crippen LogP contribution is -2.67. The third kappa shape index (κ3) is 1.72. The zero-order chi connectivity index (χ0) is 11.1. The maximum absolute atomic E-state index is 12.7. The predicted molar refractivity (Wildman–Crippen MR) is 59.4 cm³/mol. The fourth-order valence-electron chi connectivity index (χ4n) is 2.84. The molecule has 0 aromatic carbocycles. The van der Waals surface area contributed by atoms with E-state index in [9.17, 15) is 4.39 Å². The summed E-state index contributed by atoms with van der Waals surface area (Å²) in [6, 6.07) is 4.63. The molecule has 3 aliphatic heterocycles. The van der Waals surface area contributed by atoms with Crippen molar-refractivity contribution < 1.29 is 4.39 Å². The Kier molecular flexibility index (Phi) is 2.41. The van der Waals surface area contributed by atoms with Crippen molar-refractivity contribution in [3.8, 4) is 0 Å². The van der Waals surface area contributed by atoms with Gasteiger partial charge in [-0.1, -0.05) is 0 Å². The van der Waals surface area contributed by atoms with Crippen LogP contribution >= 0.6 is 0 Å². The van der Waals surface area contributed by atoms with Crippen molar-refractivity contribution in [2.75, 3.05) is 20.1 Å². The largest absolute Gasteiger partial charge is 0.303 e. The number of piperazine rings is 1. The second-order valence-electron chi connectivity index (χ2n) is 4.90. The van der Waals surface area contributed by atoms with E-state index in [4.69, 9.17) is 0 Å². The molecule has 4 rings (SSSR count). The first-order valence-corrected chi connectivity index (χ1v) is 5.77. The Morgan fingerprint density at radius 2 is 2.12 bits per heavy atom. The maximum atomic E-state index is 12.7. The molecule has 0 saturated carbocycles. The zero-order valence-electron chi connectivity index (χ0n) is 9.43. The van der Waals surface area contributed by atoms with Crippen LogP contribution in [0.2, 0.25) is 0 Å². The lowest BCUT2D eigenvalue weighted by Gasteiger charge is -2.55. The number of halogens is 1. The van der Waals surface area contributed by atoms with E-state index in [1.807, 2.05) is 0 Å². The summed E-state index contributed by atoms with van der Waals surface area (Å²) in [6.07, 6.45) is 2.61. The lowest BCUT2D eigenvalue weighted by atomic mass is 9.87. The first-order valence-electron chi connectivity index (χ1n) is 5.77. The number of hydrogen-bond donors (Lipinski definition) is 0. The quantitative estimate of drug-likeness (QED) is 0.745. The van der Waals surface area contributed by atoms with Crippen molar-refractivity contribution >= 4 is 0 Å². The smallest absolute Gasteiger partial charge is 0.141 e. The van der Waals surface area contributed by atoms with Crippen LogP contribution in [0.15, 0.2) is 18.3 Å². The van der Waals surface area contributed by atoms with Gasteiger partial charge in [-0.2, -0.15) is 0 Å². The molecule has 0 amide bonds. The molecular formula is C12H16FN3. The van der Waals surface area contributed by atoms with Gasteiger partial charge in [0.1, 0.15) is 5.82 Å². The molecule has 3 fully saturated rings. The van der Waals surface area contributed by atoms with Crippen LogP contribution in [0.1, 0.15) is 12.1 Å². The van der Waals surface area contributed by atoms with Crippen LogP contribution in [0.3, 0.4) is 0 Å². The van der Waals surface area contributed by atoms with Crippen LogP contribution in [0.25, 0.3) is 0 Å². The number of nitrogens with zero attached hydrogens (tertiary/aromatic N) is 3. The Balaban J connectivity index is 1.66. The van der Waals surface area contributed by atoms with Crippen LogP contribution in [0.5, 0.6) is 0 Å². The molecule has 86 valence electrons. The van der Waals surface area contributed by atoms with Gasteiger partial charge in [-0.15, -0.1) is 0 Å². The van der Waals surface area contributed by atoms with Crippen LogP contribution in [0.4, 0.5) is 4.39 Å². The van der Waals surface area contributed by atoms with Gasteiger partial charge in [0.15, 0.2) is 0 Å². The molecule has 2 bridgehead atoms. The molecule has 16 heavy (non-hydrogen) atoms. The molecular weight excluding hydrogens is 205 g/mol. The summed E-state index contributed by atoms with van der Waals surface area (Å²) < 4.78 is 12.7. The van der Waals surface area contributed by atoms with Crippen molar-refractivity contribution in [3.05, 3.63) is 29.8 Å². The molecule has 2 atom stereocenters. The summed E-state index contributed by atoms with van der Waals surface area (Å²) in [6.45, 7) is 3.17. The highest BCUT2D eigenvalue weighted by Gasteiger charge is 2.43. The summed E-state index contributed by atoms with van der Waals surface area (Å²) in [7, 11) is 2.17. The molecule has 0 aliphatic carbocycles. The van der Waals surface area contributed by atoms with Crippen LogP contribution in [-0.2, 0) is 6.54 Å². The number of fused-ring (bicyclic) bond motifs is 2. The number of likely N-dealkylation sites (N-methyl/N-ethyl adjacent to an activating group) is 1. The average Bonchev–Trinajstić information content (AvgIpc) is 2.28. The van der Waals surface area contributed by atoms with Gasteiger partial charge in [0, 0.05) is 31.7 Å². The number of piperidine rings is 1. The third-order valence-electron chi connectivity index (χ3n) is 3.66. The monoisotopic (exact) mass is 221 g/mol. The molecule has 3 saturated heterocycles. The van der Waals surface area contributed by atoms with E-state index in [1.165, 1.54) is 18.7 Å². The molecule has 3 nitrogen and oxygen atoms in total. The second kappa shape index (κ2) is 3.79. The van der Waals surface area contributed by atoms with E-state index in [0.717, 1.165) is 25.3 Å². The molecule has 4 heteroatoms. The average molecular weight is 221 g/mol. The molecule has 3 aliphatic rings. The van der Waals surface area contributed by atoms with E-state index >= 15 is 0 Å². The fourth-order valence-corrected chi connectivity index (χ4v) is 2.84. The number of rotatable bonds is 2. The summed E-state index contributed by atoms with van der Waals surface area (Å²) in [5.41, 5.74) is 0.973. The molecule has 1 aromatic rings. The van der Waals surface area contributed by atoms with Crippen molar-refractivity contribution in [3.63, 3.8) is 0 Å². The Morgan fingerprint density at radius 3 is 2.75 bits per heavy atom. The first-order chi connectivity index (χ1) is 7.72. The Labute approximate surface area is 94.9 Å². The van der Waals surface area contributed by atoms with Gasteiger partial charge in [-0.25, -0.2) is 4.39 Å². The first kappa shape index (κ1) is 10.2. The minimum atomic E-state index is -0.257. The van der Waals surface area contributed by atoms with Gasteiger partial charge in [0.2, 0.25) is 0 Å². The summed E-state index contributed by atoms with van der Waals surface area (Å²) in [5, 5.41) is 0. The fraction of sp³-hybridized carbons (Fsp3) is 0.583. The standard InChI is InChI=1S/C12H16FN3/c1-15-7-11-4-12(8-15)16(11)6-10-3-2-9(13)5-14-10/h2-3,5,11-12H,4,6-8H2,1H3. The number of pyridine rings is 1. The van der Waals surface area contributed by atoms with Gasteiger partial charge >= 0.3 is 0 Å². The van der Waals surface area contributed by atoms with E-state index in [1.54, 1.807) is 6.07 Å². The van der Waals surface area contributed by atoms with Crippen molar-refractivity contribution in [1.29, 1.82) is 0 Å². The maximum Gasteiger partial charge on any atom is 0.141 e. The molecule has 1 aromatic heterocycles. The SMILES string of the molecule is CN1CC2CC(C1)N2Cc1ccc(F)cn1. The van der Waals surface area contributed by atoms with Crippen molar-refractivity contribution in [1.82, 2.24) is 14.8 Å². The van der Waals surface area contributed by atoms with Crippen LogP contribution in [-0.4, -0.2) is 47.0 Å². The van der Waals surface area contributed by atoms with Crippen molar-refractivity contribution in [2.24, 2.45) is 0 Å². The topological polar surface area (TPSA) is 19.4 Å². The van der Waals surface area contributed by atoms with E-state index in [2.05, 4.69) is 21.8 Å². The Bertz CT molecular complexity index is 366. The van der Waals surface area contributed by atoms with Gasteiger partial charge < -0.3 is 4.90 Å². The third-order valence-corrected chi connectivity index (χ3v) is 3.66. The van der Waals surface area contributed by atoms with Crippen LogP contribution < -0.4 is 0 Å². The van der Waals surface area contributed by atoms with E-state index in [0.29, 0.717) is 12.1 Å². The lowest BCUT2D eigenvalue weighted by molar-refractivity contribution is -0.0675. The number of aromatic nitrogens is 1. The van der Waals surface area contributed by atoms with Gasteiger partial charge in [-0.3, -0.25) is 9.88 Å². The van der Waals surface area contributed by atoms with E-state index in [-0.39, 0.29) is 5.82 Å². The zero-order valence-corrected chi connectivity index (χ0v) is 9.43. The predicted octanol–water partition coefficient (Wildman–Crippen LogP) is 1.11.